The van der Waals surface area contributed by atoms with Crippen LogP contribution in [-0.4, -0.2) is 52.3 Å². The standard InChI is InChI=1S/C17H26N.CH4O4S/c1-17(2)13-14(9-8-12-18(3,4)5)15-10-6-7-11-16(15)17;1-5-6(2,3)4/h6-7,10-11,13H,8-9,12H2,1-5H3;1H3,(H,2,3,4)/q+1;/p-1. The van der Waals surface area contributed by atoms with Gasteiger partial charge in [-0.25, -0.2) is 8.42 Å². The van der Waals surface area contributed by atoms with Crippen molar-refractivity contribution >= 4 is 16.0 Å². The van der Waals surface area contributed by atoms with Crippen LogP contribution in [0.2, 0.25) is 0 Å². The second-order valence-electron chi connectivity index (χ2n) is 7.63. The third kappa shape index (κ3) is 6.73. The molecule has 0 N–H and O–H groups in total. The van der Waals surface area contributed by atoms with Crippen LogP contribution >= 0.6 is 0 Å². The third-order valence-corrected chi connectivity index (χ3v) is 4.39. The Morgan fingerprint density at radius 3 is 2.21 bits per heavy atom. The van der Waals surface area contributed by atoms with E-state index < -0.39 is 10.4 Å². The molecule has 1 aliphatic rings. The van der Waals surface area contributed by atoms with Crippen LogP contribution in [0, 0.1) is 0 Å². The molecule has 0 aromatic heterocycles. The average molecular weight is 356 g/mol. The number of rotatable bonds is 5. The summed E-state index contributed by atoms with van der Waals surface area (Å²) in [6.07, 6.45) is 4.93. The van der Waals surface area contributed by atoms with Gasteiger partial charge in [0.15, 0.2) is 0 Å². The number of nitrogens with zero attached hydrogens (tertiary/aromatic N) is 1. The molecule has 24 heavy (non-hydrogen) atoms. The molecule has 0 radical (unpaired) electrons. The van der Waals surface area contributed by atoms with Gasteiger partial charge in [0.25, 0.3) is 0 Å². The van der Waals surface area contributed by atoms with Crippen LogP contribution in [0.25, 0.3) is 5.57 Å². The minimum absolute atomic E-state index is 0.211. The Kier molecular flexibility index (Phi) is 6.75. The highest BCUT2D eigenvalue weighted by atomic mass is 32.3. The number of benzene rings is 1. The molecular formula is C18H29NO4S. The van der Waals surface area contributed by atoms with Crippen LogP contribution in [0.5, 0.6) is 0 Å². The Balaban J connectivity index is 0.000000413. The van der Waals surface area contributed by atoms with Gasteiger partial charge >= 0.3 is 0 Å². The fraction of sp³-hybridized carbons (Fsp3) is 0.556. The highest BCUT2D eigenvalue weighted by Gasteiger charge is 2.28. The van der Waals surface area contributed by atoms with E-state index in [-0.39, 0.29) is 5.41 Å². The van der Waals surface area contributed by atoms with Crippen molar-refractivity contribution in [3.05, 3.63) is 41.5 Å². The Morgan fingerprint density at radius 2 is 1.71 bits per heavy atom. The van der Waals surface area contributed by atoms with Crippen LogP contribution < -0.4 is 0 Å². The van der Waals surface area contributed by atoms with Crippen molar-refractivity contribution in [3.63, 3.8) is 0 Å². The van der Waals surface area contributed by atoms with Gasteiger partial charge in [-0.3, -0.25) is 4.18 Å². The molecule has 0 atom stereocenters. The summed E-state index contributed by atoms with van der Waals surface area (Å²) < 4.78 is 32.1. The largest absolute Gasteiger partial charge is 0.726 e. The summed E-state index contributed by atoms with van der Waals surface area (Å²) in [6, 6.07) is 8.87. The fourth-order valence-electron chi connectivity index (χ4n) is 2.87. The summed E-state index contributed by atoms with van der Waals surface area (Å²) in [5.41, 5.74) is 4.72. The summed E-state index contributed by atoms with van der Waals surface area (Å²) in [5.74, 6) is 0. The second-order valence-corrected chi connectivity index (χ2v) is 8.78. The van der Waals surface area contributed by atoms with Crippen molar-refractivity contribution in [2.75, 3.05) is 34.8 Å². The van der Waals surface area contributed by atoms with Crippen LogP contribution in [0.3, 0.4) is 0 Å². The maximum atomic E-state index is 9.22. The van der Waals surface area contributed by atoms with Gasteiger partial charge in [0, 0.05) is 11.8 Å². The van der Waals surface area contributed by atoms with Crippen molar-refractivity contribution < 1.29 is 21.6 Å². The molecule has 136 valence electrons. The van der Waals surface area contributed by atoms with E-state index in [0.717, 1.165) is 11.6 Å². The summed E-state index contributed by atoms with van der Waals surface area (Å²) in [7, 11) is 3.19. The van der Waals surface area contributed by atoms with Gasteiger partial charge in [0.2, 0.25) is 10.4 Å². The Labute approximate surface area is 146 Å². The monoisotopic (exact) mass is 355 g/mol. The summed E-state index contributed by atoms with van der Waals surface area (Å²) in [5, 5.41) is 0. The first-order chi connectivity index (χ1) is 10.9. The zero-order valence-corrected chi connectivity index (χ0v) is 16.3. The first kappa shape index (κ1) is 20.8. The maximum absolute atomic E-state index is 9.22. The Bertz CT molecular complexity index is 685. The lowest BCUT2D eigenvalue weighted by molar-refractivity contribution is -0.870. The number of quaternary nitrogens is 1. The molecule has 5 nitrogen and oxygen atoms in total. The lowest BCUT2D eigenvalue weighted by Crippen LogP contribution is -2.35. The molecule has 0 fully saturated rings. The summed E-state index contributed by atoms with van der Waals surface area (Å²) >= 11 is 0. The van der Waals surface area contributed by atoms with Gasteiger partial charge in [0.1, 0.15) is 0 Å². The Morgan fingerprint density at radius 1 is 1.17 bits per heavy atom. The third-order valence-electron chi connectivity index (χ3n) is 3.98. The normalized spacial score (nSPS) is 16.0. The van der Waals surface area contributed by atoms with Gasteiger partial charge in [-0.2, -0.15) is 0 Å². The molecule has 1 aromatic rings. The molecule has 0 bridgehead atoms. The van der Waals surface area contributed by atoms with E-state index >= 15 is 0 Å². The average Bonchev–Trinajstić information content (AvgIpc) is 2.70. The molecule has 0 saturated carbocycles. The fourth-order valence-corrected chi connectivity index (χ4v) is 2.87. The van der Waals surface area contributed by atoms with E-state index in [1.165, 1.54) is 30.5 Å². The molecular weight excluding hydrogens is 326 g/mol. The molecule has 0 saturated heterocycles. The first-order valence-electron chi connectivity index (χ1n) is 7.99. The SMILES string of the molecule is CC1(C)C=C(CCC[N+](C)(C)C)c2ccccc21.COS(=O)(=O)[O-]. The van der Waals surface area contributed by atoms with Crippen LogP contribution in [0.4, 0.5) is 0 Å². The van der Waals surface area contributed by atoms with Crippen molar-refractivity contribution in [3.8, 4) is 0 Å². The lowest BCUT2D eigenvalue weighted by atomic mass is 9.87. The van der Waals surface area contributed by atoms with Gasteiger partial charge in [0.05, 0.1) is 34.8 Å². The van der Waals surface area contributed by atoms with E-state index in [9.17, 15) is 13.0 Å². The predicted molar refractivity (Wildman–Crippen MR) is 96.3 cm³/mol. The van der Waals surface area contributed by atoms with Gasteiger partial charge in [-0.1, -0.05) is 44.2 Å². The van der Waals surface area contributed by atoms with Gasteiger partial charge in [-0.05, 0) is 23.1 Å². The minimum Gasteiger partial charge on any atom is -0.726 e. The topological polar surface area (TPSA) is 66.4 Å². The Hall–Kier alpha value is -1.21. The number of hydrogen-bond acceptors (Lipinski definition) is 4. The zero-order valence-electron chi connectivity index (χ0n) is 15.5. The summed E-state index contributed by atoms with van der Waals surface area (Å²) in [6.45, 7) is 5.87. The molecule has 0 amide bonds. The molecule has 0 aliphatic heterocycles. The maximum Gasteiger partial charge on any atom is 0.217 e. The summed E-state index contributed by atoms with van der Waals surface area (Å²) in [4.78, 5) is 0. The highest BCUT2D eigenvalue weighted by molar-refractivity contribution is 7.80. The van der Waals surface area contributed by atoms with Crippen LogP contribution in [-0.2, 0) is 20.0 Å². The van der Waals surface area contributed by atoms with E-state index in [1.54, 1.807) is 5.57 Å². The molecule has 0 heterocycles. The number of fused-ring (bicyclic) bond motifs is 1. The molecule has 0 spiro atoms. The van der Waals surface area contributed by atoms with Crippen LogP contribution in [0.15, 0.2) is 30.3 Å². The zero-order chi connectivity index (χ0) is 18.6. The molecule has 0 unspecified atom stereocenters. The van der Waals surface area contributed by atoms with Crippen molar-refractivity contribution in [2.45, 2.75) is 32.1 Å². The minimum atomic E-state index is -4.41. The van der Waals surface area contributed by atoms with E-state index in [4.69, 9.17) is 0 Å². The smallest absolute Gasteiger partial charge is 0.217 e. The quantitative estimate of drug-likeness (QED) is 0.463. The van der Waals surface area contributed by atoms with E-state index in [2.05, 4.69) is 69.5 Å². The van der Waals surface area contributed by atoms with Gasteiger partial charge in [-0.15, -0.1) is 0 Å². The van der Waals surface area contributed by atoms with Crippen molar-refractivity contribution in [1.29, 1.82) is 0 Å². The highest BCUT2D eigenvalue weighted by Crippen LogP contribution is 2.41. The molecule has 1 aromatic carbocycles. The molecule has 1 aliphatic carbocycles. The van der Waals surface area contributed by atoms with Crippen molar-refractivity contribution in [2.24, 2.45) is 0 Å². The second kappa shape index (κ2) is 7.78. The van der Waals surface area contributed by atoms with E-state index in [0.29, 0.717) is 0 Å². The van der Waals surface area contributed by atoms with Crippen LogP contribution in [0.1, 0.15) is 37.8 Å². The first-order valence-corrected chi connectivity index (χ1v) is 9.32. The van der Waals surface area contributed by atoms with Crippen molar-refractivity contribution in [1.82, 2.24) is 0 Å². The molecule has 2 rings (SSSR count). The lowest BCUT2D eigenvalue weighted by Gasteiger charge is -2.23. The number of hydrogen-bond donors (Lipinski definition) is 0. The van der Waals surface area contributed by atoms with Gasteiger partial charge < -0.3 is 9.04 Å². The predicted octanol–water partition coefficient (Wildman–Crippen LogP) is 2.94. The number of allylic oxidation sites excluding steroid dienone is 2. The van der Waals surface area contributed by atoms with E-state index in [1.807, 2.05) is 0 Å². The molecule has 6 heteroatoms.